The average Bonchev–Trinajstić information content (AvgIpc) is 2.16. The Morgan fingerprint density at radius 3 is 2.38 bits per heavy atom. The van der Waals surface area contributed by atoms with Gasteiger partial charge in [-0.2, -0.15) is 0 Å². The maximum atomic E-state index is 11.1. The predicted octanol–water partition coefficient (Wildman–Crippen LogP) is -0.763. The van der Waals surface area contributed by atoms with Crippen LogP contribution in [0, 0.1) is 11.8 Å². The van der Waals surface area contributed by atoms with E-state index in [0.29, 0.717) is 0 Å². The third kappa shape index (κ3) is 6.26. The lowest BCUT2D eigenvalue weighted by Gasteiger charge is -2.11. The largest absolute Gasteiger partial charge is 0.481 e. The van der Waals surface area contributed by atoms with Crippen LogP contribution in [0.2, 0.25) is 0 Å². The van der Waals surface area contributed by atoms with Crippen LogP contribution in [0.15, 0.2) is 0 Å². The molecule has 0 aromatic rings. The second-order valence-electron chi connectivity index (χ2n) is 2.74. The minimum atomic E-state index is -1.45. The number of rotatable bonds is 5. The predicted molar refractivity (Wildman–Crippen MR) is 53.7 cm³/mol. The first kappa shape index (κ1) is 13.8. The zero-order valence-electron chi connectivity index (χ0n) is 8.61. The molecule has 0 aromatic carbocycles. The van der Waals surface area contributed by atoms with Gasteiger partial charge in [-0.05, 0) is 6.92 Å². The normalized spacial score (nSPS) is 10.6. The molecule has 0 aliphatic rings. The van der Waals surface area contributed by atoms with Gasteiger partial charge in [-0.3, -0.25) is 4.79 Å². The fraction of sp³-hybridized carbons (Fsp3) is 0.444. The van der Waals surface area contributed by atoms with Gasteiger partial charge >= 0.3 is 18.0 Å². The molecule has 7 nitrogen and oxygen atoms in total. The topological polar surface area (TPSA) is 116 Å². The first-order chi connectivity index (χ1) is 7.47. The minimum absolute atomic E-state index is 0.0712. The van der Waals surface area contributed by atoms with E-state index in [0.717, 1.165) is 0 Å². The fourth-order valence-electron chi connectivity index (χ4n) is 0.797. The molecule has 0 fully saturated rings. The van der Waals surface area contributed by atoms with Crippen molar-refractivity contribution in [2.75, 3.05) is 6.54 Å². The van der Waals surface area contributed by atoms with Crippen molar-refractivity contribution in [3.63, 3.8) is 0 Å². The fourth-order valence-corrected chi connectivity index (χ4v) is 0.797. The van der Waals surface area contributed by atoms with Gasteiger partial charge in [0.1, 0.15) is 6.04 Å². The number of amides is 2. The van der Waals surface area contributed by atoms with Crippen LogP contribution in [0.1, 0.15) is 13.3 Å². The summed E-state index contributed by atoms with van der Waals surface area (Å²) in [6.45, 7) is 1.66. The molecule has 16 heavy (non-hydrogen) atoms. The molecular weight excluding hydrogens is 216 g/mol. The van der Waals surface area contributed by atoms with Crippen molar-refractivity contribution in [3.8, 4) is 11.8 Å². The van der Waals surface area contributed by atoms with Gasteiger partial charge in [-0.1, -0.05) is 5.92 Å². The maximum Gasteiger partial charge on any atom is 0.326 e. The van der Waals surface area contributed by atoms with Crippen molar-refractivity contribution in [2.24, 2.45) is 0 Å². The van der Waals surface area contributed by atoms with Crippen molar-refractivity contribution in [1.29, 1.82) is 0 Å². The molecule has 0 rings (SSSR count). The Kier molecular flexibility index (Phi) is 6.12. The Bertz CT molecular complexity index is 342. The monoisotopic (exact) mass is 228 g/mol. The van der Waals surface area contributed by atoms with Gasteiger partial charge in [0.25, 0.3) is 0 Å². The molecule has 0 heterocycles. The van der Waals surface area contributed by atoms with Gasteiger partial charge in [0.2, 0.25) is 0 Å². The van der Waals surface area contributed by atoms with E-state index in [1.54, 1.807) is 6.92 Å². The van der Waals surface area contributed by atoms with Gasteiger partial charge in [0.15, 0.2) is 0 Å². The number of urea groups is 1. The number of hydrogen-bond acceptors (Lipinski definition) is 3. The van der Waals surface area contributed by atoms with E-state index < -0.39 is 30.4 Å². The third-order valence-electron chi connectivity index (χ3n) is 1.50. The van der Waals surface area contributed by atoms with E-state index in [1.165, 1.54) is 0 Å². The summed E-state index contributed by atoms with van der Waals surface area (Å²) in [4.78, 5) is 31.9. The van der Waals surface area contributed by atoms with E-state index in [9.17, 15) is 14.4 Å². The standard InChI is InChI=1S/C9H12N2O5/c1-2-3-4-10-9(16)11-6(8(14)15)5-7(12)13/h6H,4-5H2,1H3,(H,12,13)(H,14,15)(H2,10,11,16)/t6-/m0/s1. The molecule has 0 bridgehead atoms. The summed E-state index contributed by atoms with van der Waals surface area (Å²) >= 11 is 0. The van der Waals surface area contributed by atoms with E-state index >= 15 is 0 Å². The Balaban J connectivity index is 4.16. The summed E-state index contributed by atoms with van der Waals surface area (Å²) in [6, 6.07) is -2.22. The molecule has 0 aliphatic carbocycles. The molecule has 2 amide bonds. The number of carbonyl (C=O) groups is 3. The number of aliphatic carboxylic acids is 2. The Labute approximate surface area is 91.8 Å². The zero-order chi connectivity index (χ0) is 12.6. The second kappa shape index (κ2) is 7.11. The smallest absolute Gasteiger partial charge is 0.326 e. The number of carboxylic acid groups (broad SMARTS) is 2. The van der Waals surface area contributed by atoms with Gasteiger partial charge in [0.05, 0.1) is 13.0 Å². The van der Waals surface area contributed by atoms with Crippen LogP contribution < -0.4 is 10.6 Å². The van der Waals surface area contributed by atoms with Crippen LogP contribution in [0.5, 0.6) is 0 Å². The number of hydrogen-bond donors (Lipinski definition) is 4. The van der Waals surface area contributed by atoms with Crippen LogP contribution in [0.3, 0.4) is 0 Å². The van der Waals surface area contributed by atoms with Crippen molar-refractivity contribution in [3.05, 3.63) is 0 Å². The van der Waals surface area contributed by atoms with E-state index in [2.05, 4.69) is 17.2 Å². The zero-order valence-corrected chi connectivity index (χ0v) is 8.61. The van der Waals surface area contributed by atoms with Crippen molar-refractivity contribution in [2.45, 2.75) is 19.4 Å². The van der Waals surface area contributed by atoms with Crippen LogP contribution >= 0.6 is 0 Å². The summed E-state index contributed by atoms with van der Waals surface area (Å²) in [6.07, 6.45) is -0.678. The molecule has 4 N–H and O–H groups in total. The quantitative estimate of drug-likeness (QED) is 0.461. The Morgan fingerprint density at radius 2 is 1.94 bits per heavy atom. The molecule has 0 spiro atoms. The minimum Gasteiger partial charge on any atom is -0.481 e. The molecule has 0 aliphatic heterocycles. The maximum absolute atomic E-state index is 11.1. The number of nitrogens with one attached hydrogen (secondary N) is 2. The lowest BCUT2D eigenvalue weighted by molar-refractivity contribution is -0.145. The first-order valence-electron chi connectivity index (χ1n) is 4.36. The molecule has 7 heteroatoms. The first-order valence-corrected chi connectivity index (χ1v) is 4.36. The number of carbonyl (C=O) groups excluding carboxylic acids is 1. The van der Waals surface area contributed by atoms with Gasteiger partial charge in [0, 0.05) is 0 Å². The number of carboxylic acids is 2. The highest BCUT2D eigenvalue weighted by molar-refractivity contribution is 5.86. The van der Waals surface area contributed by atoms with Crippen LogP contribution in [0.25, 0.3) is 0 Å². The van der Waals surface area contributed by atoms with Crippen molar-refractivity contribution < 1.29 is 24.6 Å². The average molecular weight is 228 g/mol. The molecule has 0 unspecified atom stereocenters. The summed E-state index contributed by atoms with van der Waals surface area (Å²) in [5, 5.41) is 21.3. The molecule has 0 saturated carbocycles. The highest BCUT2D eigenvalue weighted by Gasteiger charge is 2.22. The SMILES string of the molecule is CC#CCNC(=O)N[C@@H](CC(=O)O)C(=O)O. The van der Waals surface area contributed by atoms with E-state index in [4.69, 9.17) is 10.2 Å². The van der Waals surface area contributed by atoms with Crippen LogP contribution in [0.4, 0.5) is 4.79 Å². The van der Waals surface area contributed by atoms with Gasteiger partial charge in [-0.25, -0.2) is 9.59 Å². The molecule has 0 radical (unpaired) electrons. The molecule has 0 saturated heterocycles. The Morgan fingerprint density at radius 1 is 1.31 bits per heavy atom. The summed E-state index contributed by atoms with van der Waals surface area (Å²) in [7, 11) is 0. The highest BCUT2D eigenvalue weighted by atomic mass is 16.4. The second-order valence-corrected chi connectivity index (χ2v) is 2.74. The third-order valence-corrected chi connectivity index (χ3v) is 1.50. The van der Waals surface area contributed by atoms with Gasteiger partial charge < -0.3 is 20.8 Å². The van der Waals surface area contributed by atoms with E-state index in [-0.39, 0.29) is 6.54 Å². The lowest BCUT2D eigenvalue weighted by Crippen LogP contribution is -2.47. The van der Waals surface area contributed by atoms with Crippen molar-refractivity contribution in [1.82, 2.24) is 10.6 Å². The van der Waals surface area contributed by atoms with Crippen LogP contribution in [-0.4, -0.2) is 40.8 Å². The molecular formula is C9H12N2O5. The highest BCUT2D eigenvalue weighted by Crippen LogP contribution is 1.92. The summed E-state index contributed by atoms with van der Waals surface area (Å²) < 4.78 is 0. The summed E-state index contributed by atoms with van der Waals surface area (Å²) in [5.74, 6) is 2.36. The molecule has 88 valence electrons. The van der Waals surface area contributed by atoms with Gasteiger partial charge in [-0.15, -0.1) is 5.92 Å². The van der Waals surface area contributed by atoms with Crippen LogP contribution in [-0.2, 0) is 9.59 Å². The molecule has 0 aromatic heterocycles. The summed E-state index contributed by atoms with van der Waals surface area (Å²) in [5.41, 5.74) is 0. The lowest BCUT2D eigenvalue weighted by atomic mass is 10.2. The molecule has 1 atom stereocenters. The Hall–Kier alpha value is -2.23. The van der Waals surface area contributed by atoms with Crippen molar-refractivity contribution >= 4 is 18.0 Å². The van der Waals surface area contributed by atoms with E-state index in [1.807, 2.05) is 5.32 Å².